The maximum atomic E-state index is 13.6. The number of halogens is 1. The van der Waals surface area contributed by atoms with Crippen molar-refractivity contribution < 1.29 is 23.6 Å². The fourth-order valence-electron chi connectivity index (χ4n) is 4.97. The molecule has 0 aromatic heterocycles. The highest BCUT2D eigenvalue weighted by Gasteiger charge is 2.56. The molecule has 3 rings (SSSR count). The molecule has 0 bridgehead atoms. The number of nitrogens with one attached hydrogen (secondary N) is 3. The maximum Gasteiger partial charge on any atom is 0.325 e. The molecule has 1 heterocycles. The molecule has 3 N–H and O–H groups in total. The van der Waals surface area contributed by atoms with E-state index < -0.39 is 29.2 Å². The lowest BCUT2D eigenvalue weighted by molar-refractivity contribution is -0.137. The summed E-state index contributed by atoms with van der Waals surface area (Å²) in [4.78, 5) is 50.7. The van der Waals surface area contributed by atoms with Crippen LogP contribution in [-0.4, -0.2) is 53.8 Å². The second-order valence-corrected chi connectivity index (χ2v) is 9.34. The van der Waals surface area contributed by atoms with Gasteiger partial charge in [-0.1, -0.05) is 32.9 Å². The van der Waals surface area contributed by atoms with E-state index in [9.17, 15) is 23.6 Å². The maximum absolute atomic E-state index is 13.6. The Balaban J connectivity index is 1.49. The number of rotatable bonds is 6. The average Bonchev–Trinajstić information content (AvgIpc) is 2.87. The molecule has 2 fully saturated rings. The van der Waals surface area contributed by atoms with Gasteiger partial charge >= 0.3 is 6.03 Å². The molecule has 8 nitrogen and oxygen atoms in total. The Morgan fingerprint density at radius 2 is 1.84 bits per heavy atom. The molecule has 168 valence electrons. The lowest BCUT2D eigenvalue weighted by Gasteiger charge is -2.43. The predicted octanol–water partition coefficient (Wildman–Crippen LogP) is 1.81. The molecule has 2 unspecified atom stereocenters. The van der Waals surface area contributed by atoms with Gasteiger partial charge in [0.05, 0.1) is 5.56 Å². The van der Waals surface area contributed by atoms with Crippen LogP contribution in [0.2, 0.25) is 0 Å². The van der Waals surface area contributed by atoms with Crippen molar-refractivity contribution in [3.8, 4) is 0 Å². The molecule has 1 aromatic rings. The molecule has 9 heteroatoms. The van der Waals surface area contributed by atoms with Gasteiger partial charge in [-0.3, -0.25) is 19.3 Å². The van der Waals surface area contributed by atoms with E-state index in [1.165, 1.54) is 18.2 Å². The number of amides is 5. The van der Waals surface area contributed by atoms with E-state index in [-0.39, 0.29) is 42.4 Å². The van der Waals surface area contributed by atoms with Crippen molar-refractivity contribution >= 4 is 23.8 Å². The highest BCUT2D eigenvalue weighted by atomic mass is 19.1. The Kier molecular flexibility index (Phi) is 6.33. The Morgan fingerprint density at radius 3 is 2.52 bits per heavy atom. The minimum atomic E-state index is -0.952. The van der Waals surface area contributed by atoms with Crippen molar-refractivity contribution in [1.29, 1.82) is 0 Å². The van der Waals surface area contributed by atoms with Crippen molar-refractivity contribution in [3.63, 3.8) is 0 Å². The topological polar surface area (TPSA) is 108 Å². The van der Waals surface area contributed by atoms with Gasteiger partial charge in [0, 0.05) is 13.1 Å². The van der Waals surface area contributed by atoms with Gasteiger partial charge in [-0.05, 0) is 42.7 Å². The Bertz CT molecular complexity index is 903. The molecular weight excluding hydrogens is 403 g/mol. The lowest BCUT2D eigenvalue weighted by atomic mass is 9.64. The summed E-state index contributed by atoms with van der Waals surface area (Å²) in [5, 5.41) is 7.91. The van der Waals surface area contributed by atoms with Crippen molar-refractivity contribution in [2.45, 2.75) is 45.6 Å². The minimum absolute atomic E-state index is 0.0781. The van der Waals surface area contributed by atoms with Crippen molar-refractivity contribution in [2.24, 2.45) is 11.3 Å². The van der Waals surface area contributed by atoms with Crippen LogP contribution in [0, 0.1) is 17.2 Å². The van der Waals surface area contributed by atoms with Crippen LogP contribution in [0.5, 0.6) is 0 Å². The summed E-state index contributed by atoms with van der Waals surface area (Å²) >= 11 is 0. The molecule has 31 heavy (non-hydrogen) atoms. The first kappa shape index (κ1) is 22.7. The van der Waals surface area contributed by atoms with Crippen LogP contribution in [0.1, 0.15) is 50.4 Å². The summed E-state index contributed by atoms with van der Waals surface area (Å²) in [5.41, 5.74) is -1.12. The van der Waals surface area contributed by atoms with Gasteiger partial charge in [0.25, 0.3) is 11.8 Å². The molecule has 1 aliphatic heterocycles. The van der Waals surface area contributed by atoms with Crippen LogP contribution < -0.4 is 16.0 Å². The number of hydrogen-bond donors (Lipinski definition) is 3. The van der Waals surface area contributed by atoms with Gasteiger partial charge in [0.15, 0.2) is 0 Å². The normalized spacial score (nSPS) is 24.8. The van der Waals surface area contributed by atoms with Crippen molar-refractivity contribution in [2.75, 3.05) is 19.6 Å². The second kappa shape index (κ2) is 8.64. The molecule has 1 saturated heterocycles. The first-order chi connectivity index (χ1) is 14.5. The number of carbonyl (C=O) groups excluding carboxylic acids is 4. The molecule has 1 aromatic carbocycles. The van der Waals surface area contributed by atoms with Crippen LogP contribution in [0.15, 0.2) is 24.3 Å². The molecule has 1 saturated carbocycles. The minimum Gasteiger partial charge on any atom is -0.353 e. The standard InChI is InChI=1S/C22H29FN4O4/c1-14-10-21(2,3)13-22(11-14)19(30)27(20(31)26-22)12-17(28)24-8-9-25-18(29)15-6-4-5-7-16(15)23/h4-7,14H,8-13H2,1-3H3,(H,24,28)(H,25,29)(H,26,31). The van der Waals surface area contributed by atoms with Gasteiger partial charge in [-0.15, -0.1) is 0 Å². The number of nitrogens with zero attached hydrogens (tertiary/aromatic N) is 1. The van der Waals surface area contributed by atoms with Crippen LogP contribution in [0.3, 0.4) is 0 Å². The predicted molar refractivity (Wildman–Crippen MR) is 112 cm³/mol. The third-order valence-corrected chi connectivity index (χ3v) is 5.78. The van der Waals surface area contributed by atoms with Gasteiger partial charge < -0.3 is 16.0 Å². The summed E-state index contributed by atoms with van der Waals surface area (Å²) in [5.74, 6) is -1.81. The molecule has 2 aliphatic rings. The summed E-state index contributed by atoms with van der Waals surface area (Å²) in [7, 11) is 0. The molecular formula is C22H29FN4O4. The van der Waals surface area contributed by atoms with Crippen molar-refractivity contribution in [3.05, 3.63) is 35.6 Å². The molecule has 5 amide bonds. The zero-order valence-corrected chi connectivity index (χ0v) is 18.1. The zero-order valence-electron chi connectivity index (χ0n) is 18.1. The third kappa shape index (κ3) is 5.03. The molecule has 1 spiro atoms. The highest BCUT2D eigenvalue weighted by molar-refractivity contribution is 6.09. The smallest absolute Gasteiger partial charge is 0.325 e. The number of carbonyl (C=O) groups is 4. The second-order valence-electron chi connectivity index (χ2n) is 9.34. The van der Waals surface area contributed by atoms with E-state index in [0.29, 0.717) is 12.8 Å². The molecule has 2 atom stereocenters. The first-order valence-electron chi connectivity index (χ1n) is 10.5. The van der Waals surface area contributed by atoms with Crippen molar-refractivity contribution in [1.82, 2.24) is 20.9 Å². The fourth-order valence-corrected chi connectivity index (χ4v) is 4.97. The molecule has 0 radical (unpaired) electrons. The van der Waals surface area contributed by atoms with E-state index in [1.54, 1.807) is 6.07 Å². The van der Waals surface area contributed by atoms with Crippen LogP contribution >= 0.6 is 0 Å². The van der Waals surface area contributed by atoms with Crippen LogP contribution in [0.4, 0.5) is 9.18 Å². The molecule has 1 aliphatic carbocycles. The zero-order chi connectivity index (χ0) is 22.8. The van der Waals surface area contributed by atoms with E-state index in [2.05, 4.69) is 36.7 Å². The lowest BCUT2D eigenvalue weighted by Crippen LogP contribution is -2.54. The largest absolute Gasteiger partial charge is 0.353 e. The van der Waals surface area contributed by atoms with E-state index in [1.807, 2.05) is 0 Å². The number of urea groups is 1. The summed E-state index contributed by atoms with van der Waals surface area (Å²) in [6, 6.07) is 5.04. The van der Waals surface area contributed by atoms with Gasteiger partial charge in [-0.25, -0.2) is 9.18 Å². The summed E-state index contributed by atoms with van der Waals surface area (Å²) in [6.45, 7) is 5.99. The Morgan fingerprint density at radius 1 is 1.16 bits per heavy atom. The average molecular weight is 432 g/mol. The Hall–Kier alpha value is -2.97. The first-order valence-corrected chi connectivity index (χ1v) is 10.5. The van der Waals surface area contributed by atoms with Crippen LogP contribution in [0.25, 0.3) is 0 Å². The monoisotopic (exact) mass is 432 g/mol. The fraction of sp³-hybridized carbons (Fsp3) is 0.545. The number of benzene rings is 1. The third-order valence-electron chi connectivity index (χ3n) is 5.78. The van der Waals surface area contributed by atoms with Gasteiger partial charge in [0.1, 0.15) is 17.9 Å². The Labute approximate surface area is 180 Å². The number of imide groups is 1. The van der Waals surface area contributed by atoms with E-state index in [0.717, 1.165) is 11.3 Å². The summed E-state index contributed by atoms with van der Waals surface area (Å²) < 4.78 is 13.6. The SMILES string of the molecule is CC1CC(C)(C)CC2(C1)NC(=O)N(CC(=O)NCCNC(=O)c1ccccc1F)C2=O. The van der Waals surface area contributed by atoms with Gasteiger partial charge in [-0.2, -0.15) is 0 Å². The van der Waals surface area contributed by atoms with E-state index >= 15 is 0 Å². The quantitative estimate of drug-likeness (QED) is 0.471. The summed E-state index contributed by atoms with van der Waals surface area (Å²) in [6.07, 6.45) is 2.06. The van der Waals surface area contributed by atoms with E-state index in [4.69, 9.17) is 0 Å². The number of hydrogen-bond acceptors (Lipinski definition) is 4. The highest BCUT2D eigenvalue weighted by Crippen LogP contribution is 2.46. The van der Waals surface area contributed by atoms with Crippen LogP contribution in [-0.2, 0) is 9.59 Å². The van der Waals surface area contributed by atoms with Gasteiger partial charge in [0.2, 0.25) is 5.91 Å².